The van der Waals surface area contributed by atoms with Gasteiger partial charge in [0, 0.05) is 32.7 Å². The first-order valence-electron chi connectivity index (χ1n) is 9.69. The third-order valence-corrected chi connectivity index (χ3v) is 6.50. The molecule has 0 bridgehead atoms. The maximum atomic E-state index is 12.6. The summed E-state index contributed by atoms with van der Waals surface area (Å²) in [5.74, 6) is 1.18. The van der Waals surface area contributed by atoms with Crippen molar-refractivity contribution in [3.05, 3.63) is 0 Å². The molecule has 0 aliphatic carbocycles. The lowest BCUT2D eigenvalue weighted by molar-refractivity contribution is -0.0494. The highest BCUT2D eigenvalue weighted by Gasteiger charge is 2.50. The summed E-state index contributed by atoms with van der Waals surface area (Å²) >= 11 is 0. The molecule has 0 saturated carbocycles. The maximum Gasteiger partial charge on any atom is 0.511 e. The highest BCUT2D eigenvalue weighted by Crippen LogP contribution is 2.28. The summed E-state index contributed by atoms with van der Waals surface area (Å²) in [7, 11) is -3.58. The number of nitrogens with zero attached hydrogens (tertiary/aromatic N) is 2. The van der Waals surface area contributed by atoms with Crippen LogP contribution < -0.4 is 10.6 Å². The topological polar surface area (TPSA) is 73.8 Å². The van der Waals surface area contributed by atoms with E-state index in [9.17, 15) is 21.6 Å². The van der Waals surface area contributed by atoms with Crippen LogP contribution in [0.4, 0.5) is 13.2 Å². The van der Waals surface area contributed by atoms with Gasteiger partial charge in [0.25, 0.3) is 0 Å². The van der Waals surface area contributed by atoms with Crippen LogP contribution >= 0.6 is 0 Å². The lowest BCUT2D eigenvalue weighted by atomic mass is 9.97. The molecule has 1 rings (SSSR count). The molecule has 0 aromatic rings. The molecule has 1 saturated heterocycles. The van der Waals surface area contributed by atoms with Crippen molar-refractivity contribution in [3.8, 4) is 0 Å². The van der Waals surface area contributed by atoms with Gasteiger partial charge >= 0.3 is 15.5 Å². The fourth-order valence-corrected chi connectivity index (χ4v) is 4.25. The fraction of sp³-hybridized carbons (Fsp3) is 0.941. The first-order chi connectivity index (χ1) is 12.7. The van der Waals surface area contributed by atoms with Crippen LogP contribution in [0.5, 0.6) is 0 Å². The van der Waals surface area contributed by atoms with Crippen LogP contribution in [0.25, 0.3) is 0 Å². The molecule has 0 amide bonds. The van der Waals surface area contributed by atoms with Crippen LogP contribution in [0, 0.1) is 5.92 Å². The van der Waals surface area contributed by atoms with Gasteiger partial charge in [-0.05, 0) is 31.6 Å². The minimum Gasteiger partial charge on any atom is -0.356 e. The van der Waals surface area contributed by atoms with Crippen LogP contribution in [0.3, 0.4) is 0 Å². The molecule has 1 heterocycles. The Balaban J connectivity index is 2.49. The van der Waals surface area contributed by atoms with Gasteiger partial charge in [0.1, 0.15) is 0 Å². The molecule has 0 spiro atoms. The van der Waals surface area contributed by atoms with Crippen LogP contribution in [-0.4, -0.2) is 56.9 Å². The Hall–Kier alpha value is -1.03. The molecule has 0 aromatic heterocycles. The second-order valence-electron chi connectivity index (χ2n) is 7.02. The van der Waals surface area contributed by atoms with E-state index in [0.717, 1.165) is 32.2 Å². The number of halogens is 3. The number of piperidine rings is 1. The third-order valence-electron chi connectivity index (χ3n) is 4.87. The molecule has 2 N–H and O–H groups in total. The van der Waals surface area contributed by atoms with E-state index in [-0.39, 0.29) is 19.1 Å². The number of rotatable bonds is 9. The molecule has 160 valence electrons. The van der Waals surface area contributed by atoms with E-state index in [4.69, 9.17) is 0 Å². The van der Waals surface area contributed by atoms with Gasteiger partial charge in [-0.3, -0.25) is 4.99 Å². The minimum atomic E-state index is -5.24. The van der Waals surface area contributed by atoms with Crippen molar-refractivity contribution < 1.29 is 21.6 Å². The second-order valence-corrected chi connectivity index (χ2v) is 8.95. The maximum absolute atomic E-state index is 12.6. The van der Waals surface area contributed by atoms with Crippen molar-refractivity contribution in [3.63, 3.8) is 0 Å². The van der Waals surface area contributed by atoms with E-state index in [0.29, 0.717) is 29.0 Å². The quantitative estimate of drug-likeness (QED) is 0.449. The zero-order valence-corrected chi connectivity index (χ0v) is 17.3. The summed E-state index contributed by atoms with van der Waals surface area (Å²) in [6, 6.07) is -0.101. The number of alkyl halides is 3. The second kappa shape index (κ2) is 11.1. The predicted octanol–water partition coefficient (Wildman–Crippen LogP) is 3.07. The summed E-state index contributed by atoms with van der Waals surface area (Å²) in [5.41, 5.74) is -5.24. The van der Waals surface area contributed by atoms with Gasteiger partial charge in [-0.25, -0.2) is 8.42 Å². The Morgan fingerprint density at radius 3 is 2.30 bits per heavy atom. The van der Waals surface area contributed by atoms with Gasteiger partial charge in [-0.15, -0.1) is 0 Å². The zero-order valence-electron chi connectivity index (χ0n) is 16.5. The summed E-state index contributed by atoms with van der Waals surface area (Å²) in [6.07, 6.45) is 6.37. The molecule has 0 aromatic carbocycles. The van der Waals surface area contributed by atoms with Gasteiger partial charge < -0.3 is 10.6 Å². The van der Waals surface area contributed by atoms with Crippen LogP contribution in [-0.2, 0) is 10.0 Å². The Labute approximate surface area is 161 Å². The molecule has 1 unspecified atom stereocenters. The smallest absolute Gasteiger partial charge is 0.356 e. The average molecular weight is 415 g/mol. The Morgan fingerprint density at radius 2 is 1.81 bits per heavy atom. The number of nitrogens with one attached hydrogen (secondary N) is 2. The highest BCUT2D eigenvalue weighted by molar-refractivity contribution is 7.90. The average Bonchev–Trinajstić information content (AvgIpc) is 2.62. The van der Waals surface area contributed by atoms with Gasteiger partial charge in [0.2, 0.25) is 0 Å². The number of unbranched alkanes of at least 4 members (excludes halogenated alkanes) is 1. The van der Waals surface area contributed by atoms with Crippen molar-refractivity contribution in [1.29, 1.82) is 0 Å². The van der Waals surface area contributed by atoms with E-state index in [1.54, 1.807) is 7.05 Å². The largest absolute Gasteiger partial charge is 0.511 e. The van der Waals surface area contributed by atoms with Crippen molar-refractivity contribution in [2.45, 2.75) is 70.3 Å². The molecule has 1 aliphatic rings. The van der Waals surface area contributed by atoms with Gasteiger partial charge in [-0.1, -0.05) is 33.1 Å². The fourth-order valence-electron chi connectivity index (χ4n) is 3.27. The van der Waals surface area contributed by atoms with Crippen molar-refractivity contribution >= 4 is 16.0 Å². The van der Waals surface area contributed by atoms with E-state index < -0.39 is 15.5 Å². The lowest BCUT2D eigenvalue weighted by Gasteiger charge is -2.32. The van der Waals surface area contributed by atoms with E-state index in [2.05, 4.69) is 29.5 Å². The molecule has 0 radical (unpaired) electrons. The van der Waals surface area contributed by atoms with Crippen molar-refractivity contribution in [2.24, 2.45) is 10.9 Å². The zero-order chi connectivity index (χ0) is 20.5. The molecule has 1 fully saturated rings. The van der Waals surface area contributed by atoms with Crippen LogP contribution in [0.1, 0.15) is 58.8 Å². The van der Waals surface area contributed by atoms with E-state index >= 15 is 0 Å². The van der Waals surface area contributed by atoms with Crippen molar-refractivity contribution in [2.75, 3.05) is 26.7 Å². The predicted molar refractivity (Wildman–Crippen MR) is 102 cm³/mol. The van der Waals surface area contributed by atoms with Gasteiger partial charge in [0.15, 0.2) is 5.96 Å². The van der Waals surface area contributed by atoms with Gasteiger partial charge in [0.05, 0.1) is 0 Å². The number of hydrogen-bond donors (Lipinski definition) is 2. The van der Waals surface area contributed by atoms with Crippen LogP contribution in [0.2, 0.25) is 0 Å². The molecule has 1 aliphatic heterocycles. The molecule has 27 heavy (non-hydrogen) atoms. The van der Waals surface area contributed by atoms with Gasteiger partial charge in [-0.2, -0.15) is 17.5 Å². The normalized spacial score (nSPS) is 19.1. The third kappa shape index (κ3) is 7.48. The molecule has 10 heteroatoms. The first kappa shape index (κ1) is 24.0. The summed E-state index contributed by atoms with van der Waals surface area (Å²) in [4.78, 5) is 4.18. The minimum absolute atomic E-state index is 0.101. The Kier molecular flexibility index (Phi) is 9.86. The number of hydrogen-bond acceptors (Lipinski definition) is 3. The molecular weight excluding hydrogens is 381 g/mol. The van der Waals surface area contributed by atoms with E-state index in [1.165, 1.54) is 6.42 Å². The summed E-state index contributed by atoms with van der Waals surface area (Å²) < 4.78 is 61.3. The first-order valence-corrected chi connectivity index (χ1v) is 11.1. The lowest BCUT2D eigenvalue weighted by Crippen LogP contribution is -2.52. The van der Waals surface area contributed by atoms with Crippen LogP contribution in [0.15, 0.2) is 4.99 Å². The summed E-state index contributed by atoms with van der Waals surface area (Å²) in [6.45, 7) is 4.84. The number of aliphatic imine (C=N–C) groups is 1. The molecule has 6 nitrogen and oxygen atoms in total. The summed E-state index contributed by atoms with van der Waals surface area (Å²) in [5, 5.41) is 6.51. The molecule has 1 atom stereocenters. The highest BCUT2D eigenvalue weighted by atomic mass is 32.2. The van der Waals surface area contributed by atoms with E-state index in [1.807, 2.05) is 0 Å². The standard InChI is InChI=1S/C17H33F3N4O2S/c1-4-6-8-14(7-5-2)13-22-16(21-3)23-15-9-11-24(12-10-15)27(25,26)17(18,19)20/h14-15H,4-13H2,1-3H3,(H2,21,22,23). The molecular formula is C17H33F3N4O2S. The Bertz CT molecular complexity index is 559. The SMILES string of the molecule is CCCCC(CCC)CNC(=NC)NC1CCN(S(=O)(=O)C(F)(F)F)CC1. The number of guanidine groups is 1. The van der Waals surface area contributed by atoms with Crippen molar-refractivity contribution in [1.82, 2.24) is 14.9 Å². The monoisotopic (exact) mass is 414 g/mol. The Morgan fingerprint density at radius 1 is 1.19 bits per heavy atom. The number of sulfonamides is 1.